The third-order valence-corrected chi connectivity index (χ3v) is 7.80. The highest BCUT2D eigenvalue weighted by molar-refractivity contribution is 7.89. The van der Waals surface area contributed by atoms with Crippen LogP contribution in [-0.2, 0) is 26.2 Å². The maximum absolute atomic E-state index is 13.0. The summed E-state index contributed by atoms with van der Waals surface area (Å²) < 4.78 is 35.7. The summed E-state index contributed by atoms with van der Waals surface area (Å²) >= 11 is 1.01. The van der Waals surface area contributed by atoms with Crippen molar-refractivity contribution >= 4 is 38.7 Å². The lowest BCUT2D eigenvalue weighted by atomic mass is 9.88. The van der Waals surface area contributed by atoms with Crippen molar-refractivity contribution in [3.8, 4) is 0 Å². The smallest absolute Gasteiger partial charge is 0.245 e. The minimum Gasteiger partial charge on any atom is -0.340 e. The second-order valence-corrected chi connectivity index (χ2v) is 9.26. The molecule has 10 heteroatoms. The number of piperazine rings is 1. The quantitative estimate of drug-likeness (QED) is 0.839. The Morgan fingerprint density at radius 2 is 1.96 bits per heavy atom. The van der Waals surface area contributed by atoms with Crippen LogP contribution in [0.2, 0.25) is 0 Å². The molecule has 3 aliphatic rings. The summed E-state index contributed by atoms with van der Waals surface area (Å²) in [5.41, 5.74) is 1.01. The van der Waals surface area contributed by atoms with E-state index in [2.05, 4.69) is 14.0 Å². The second kappa shape index (κ2) is 6.84. The van der Waals surface area contributed by atoms with Crippen LogP contribution in [0, 0.1) is 11.8 Å². The molecule has 26 heavy (non-hydrogen) atoms. The van der Waals surface area contributed by atoms with Gasteiger partial charge in [-0.1, -0.05) is 13.0 Å². The second-order valence-electron chi connectivity index (χ2n) is 6.82. The lowest BCUT2D eigenvalue weighted by Crippen LogP contribution is -2.55. The Balaban J connectivity index is 1.45. The van der Waals surface area contributed by atoms with Crippen molar-refractivity contribution in [3.05, 3.63) is 18.2 Å². The standard InChI is InChI=1S/C16H21N5O3S2/c1-11(12-9-17-10-12)16(22)20-5-7-21(8-6-20)26(23,24)14-4-2-3-13-15(14)19-25-18-13/h2-4,11-12,17H,5-10H2,1H3. The van der Waals surface area contributed by atoms with E-state index in [9.17, 15) is 13.2 Å². The molecule has 2 fully saturated rings. The highest BCUT2D eigenvalue weighted by Gasteiger charge is 2.36. The number of rotatable bonds is 4. The van der Waals surface area contributed by atoms with Crippen LogP contribution in [0.4, 0.5) is 11.4 Å². The molecule has 8 nitrogen and oxygen atoms in total. The van der Waals surface area contributed by atoms with Crippen molar-refractivity contribution in [3.63, 3.8) is 0 Å². The van der Waals surface area contributed by atoms with Gasteiger partial charge in [0, 0.05) is 32.1 Å². The first-order chi connectivity index (χ1) is 12.5. The highest BCUT2D eigenvalue weighted by atomic mass is 32.2. The fraction of sp³-hybridized carbons (Fsp3) is 0.562. The molecule has 1 aromatic rings. The molecular formula is C16H21N5O3S2. The summed E-state index contributed by atoms with van der Waals surface area (Å²) in [6.07, 6.45) is 0. The predicted molar refractivity (Wildman–Crippen MR) is 98.8 cm³/mol. The van der Waals surface area contributed by atoms with E-state index < -0.39 is 10.0 Å². The highest BCUT2D eigenvalue weighted by Crippen LogP contribution is 2.38. The normalized spacial score (nSPS) is 21.8. The molecule has 1 atom stereocenters. The van der Waals surface area contributed by atoms with Crippen LogP contribution >= 0.6 is 0 Å². The molecule has 0 bridgehead atoms. The molecule has 0 aromatic heterocycles. The Kier molecular flexibility index (Phi) is 4.68. The lowest BCUT2D eigenvalue weighted by Gasteiger charge is -2.38. The lowest BCUT2D eigenvalue weighted by molar-refractivity contribution is -0.138. The van der Waals surface area contributed by atoms with E-state index in [-0.39, 0.29) is 16.7 Å². The number of fused-ring (bicyclic) bond motifs is 1. The van der Waals surface area contributed by atoms with Gasteiger partial charge in [0.2, 0.25) is 15.9 Å². The number of nitrogens with zero attached hydrogens (tertiary/aromatic N) is 4. The van der Waals surface area contributed by atoms with Crippen LogP contribution in [0.25, 0.3) is 0 Å². The molecule has 1 aromatic carbocycles. The van der Waals surface area contributed by atoms with Crippen LogP contribution in [-0.4, -0.2) is 62.8 Å². The fourth-order valence-electron chi connectivity index (χ4n) is 3.43. The summed E-state index contributed by atoms with van der Waals surface area (Å²) in [5.74, 6) is 0.493. The van der Waals surface area contributed by atoms with Crippen molar-refractivity contribution in [1.29, 1.82) is 0 Å². The Hall–Kier alpha value is -1.62. The zero-order valence-electron chi connectivity index (χ0n) is 14.5. The van der Waals surface area contributed by atoms with Crippen molar-refractivity contribution in [2.45, 2.75) is 11.8 Å². The monoisotopic (exact) mass is 395 g/mol. The maximum atomic E-state index is 13.0. The molecule has 0 saturated carbocycles. The Labute approximate surface area is 156 Å². The van der Waals surface area contributed by atoms with E-state index in [1.807, 2.05) is 6.92 Å². The minimum atomic E-state index is -3.65. The molecule has 3 heterocycles. The van der Waals surface area contributed by atoms with E-state index >= 15 is 0 Å². The molecule has 1 N–H and O–H groups in total. The van der Waals surface area contributed by atoms with Crippen molar-refractivity contribution < 1.29 is 13.2 Å². The minimum absolute atomic E-state index is 0.0192. The van der Waals surface area contributed by atoms with Gasteiger partial charge in [0.05, 0.1) is 11.4 Å². The van der Waals surface area contributed by atoms with Gasteiger partial charge in [-0.25, -0.2) is 8.42 Å². The van der Waals surface area contributed by atoms with Crippen LogP contribution in [0.5, 0.6) is 0 Å². The predicted octanol–water partition coefficient (Wildman–Crippen LogP) is 1.10. The molecule has 0 aliphatic carbocycles. The van der Waals surface area contributed by atoms with E-state index in [0.29, 0.717) is 43.5 Å². The van der Waals surface area contributed by atoms with Gasteiger partial charge in [-0.2, -0.15) is 13.0 Å². The largest absolute Gasteiger partial charge is 0.340 e. The van der Waals surface area contributed by atoms with Crippen LogP contribution in [0.1, 0.15) is 6.92 Å². The topological polar surface area (TPSA) is 94.4 Å². The van der Waals surface area contributed by atoms with Gasteiger partial charge < -0.3 is 10.2 Å². The Morgan fingerprint density at radius 3 is 2.62 bits per heavy atom. The molecule has 2 saturated heterocycles. The van der Waals surface area contributed by atoms with Gasteiger partial charge >= 0.3 is 0 Å². The third-order valence-electron chi connectivity index (χ3n) is 5.33. The van der Waals surface area contributed by atoms with Gasteiger partial charge in [-0.15, -0.1) is 0 Å². The number of carbonyl (C=O) groups is 1. The van der Waals surface area contributed by atoms with Crippen molar-refractivity contribution in [2.75, 3.05) is 39.3 Å². The number of amides is 1. The summed E-state index contributed by atoms with van der Waals surface area (Å²) in [5, 5.41) is 3.19. The maximum Gasteiger partial charge on any atom is 0.245 e. The third kappa shape index (κ3) is 3.00. The van der Waals surface area contributed by atoms with Crippen LogP contribution in [0.15, 0.2) is 31.8 Å². The zero-order valence-corrected chi connectivity index (χ0v) is 16.1. The molecule has 140 valence electrons. The number of hydrogen-bond acceptors (Lipinski definition) is 6. The van der Waals surface area contributed by atoms with Gasteiger partial charge in [-0.05, 0) is 31.1 Å². The number of sulfonamides is 1. The summed E-state index contributed by atoms with van der Waals surface area (Å²) in [4.78, 5) is 14.6. The molecule has 0 radical (unpaired) electrons. The first-order valence-corrected chi connectivity index (χ1v) is 10.9. The number of carbonyl (C=O) groups excluding carboxylic acids is 1. The first-order valence-electron chi connectivity index (χ1n) is 8.69. The molecule has 4 rings (SSSR count). The van der Waals surface area contributed by atoms with E-state index in [1.165, 1.54) is 4.31 Å². The SMILES string of the molecule is CC(C(=O)N1CCN(S(=O)(=O)c2cccc3c2N=S=N3)CC1)C1CNC1. The van der Waals surface area contributed by atoms with Crippen molar-refractivity contribution in [1.82, 2.24) is 14.5 Å². The van der Waals surface area contributed by atoms with Gasteiger partial charge in [0.15, 0.2) is 0 Å². The van der Waals surface area contributed by atoms with Gasteiger partial charge in [-0.3, -0.25) is 4.79 Å². The summed E-state index contributed by atoms with van der Waals surface area (Å²) in [7, 11) is -3.65. The molecule has 1 amide bonds. The Morgan fingerprint density at radius 1 is 1.23 bits per heavy atom. The molecule has 0 spiro atoms. The zero-order chi connectivity index (χ0) is 18.3. The summed E-state index contributed by atoms with van der Waals surface area (Å²) in [6.45, 7) is 5.18. The van der Waals surface area contributed by atoms with Crippen LogP contribution < -0.4 is 5.32 Å². The van der Waals surface area contributed by atoms with Gasteiger partial charge in [0.25, 0.3) is 0 Å². The van der Waals surface area contributed by atoms with Crippen molar-refractivity contribution in [2.24, 2.45) is 20.6 Å². The van der Waals surface area contributed by atoms with E-state index in [1.54, 1.807) is 23.1 Å². The first kappa shape index (κ1) is 17.8. The van der Waals surface area contributed by atoms with Crippen LogP contribution in [0.3, 0.4) is 0 Å². The average molecular weight is 396 g/mol. The molecular weight excluding hydrogens is 374 g/mol. The fourth-order valence-corrected chi connectivity index (χ4v) is 5.61. The Bertz CT molecular complexity index is 898. The number of benzene rings is 1. The van der Waals surface area contributed by atoms with Gasteiger partial charge in [0.1, 0.15) is 16.3 Å². The number of nitrogens with one attached hydrogen (secondary N) is 1. The van der Waals surface area contributed by atoms with E-state index in [4.69, 9.17) is 0 Å². The van der Waals surface area contributed by atoms with E-state index in [0.717, 1.165) is 24.4 Å². The molecule has 3 aliphatic heterocycles. The average Bonchev–Trinajstić information content (AvgIpc) is 3.08. The number of hydrogen-bond donors (Lipinski definition) is 1. The molecule has 1 unspecified atom stereocenters. The summed E-state index contributed by atoms with van der Waals surface area (Å²) in [6, 6.07) is 5.01.